The number of furan rings is 1. The largest absolute Gasteiger partial charge is 0.451 e. The maximum absolute atomic E-state index is 12.7. The van der Waals surface area contributed by atoms with Crippen molar-refractivity contribution in [2.24, 2.45) is 0 Å². The highest BCUT2D eigenvalue weighted by Crippen LogP contribution is 2.20. The molecule has 0 aliphatic heterocycles. The molecule has 0 saturated heterocycles. The topological polar surface area (TPSA) is 91.3 Å². The van der Waals surface area contributed by atoms with E-state index in [2.05, 4.69) is 0 Å². The Morgan fingerprint density at radius 3 is 2.41 bits per heavy atom. The molecular weight excluding hydrogens is 392 g/mol. The molecule has 0 bridgehead atoms. The minimum Gasteiger partial charge on any atom is -0.451 e. The lowest BCUT2D eigenvalue weighted by atomic mass is 10.2. The normalized spacial score (nSPS) is 11.7. The third-order valence-electron chi connectivity index (χ3n) is 3.97. The standard InChI is InChI=1S/C18H11ClN2O5S/c19-13-5-7-14(8-6-13)27(24,25)21-10-9-20(18(21)23)17(22)16-11-12-3-1-2-4-15(12)26-16/h1-11H. The highest BCUT2D eigenvalue weighted by atomic mass is 35.5. The van der Waals surface area contributed by atoms with Crippen molar-refractivity contribution in [2.45, 2.75) is 4.90 Å². The van der Waals surface area contributed by atoms with Crippen LogP contribution in [0.5, 0.6) is 0 Å². The van der Waals surface area contributed by atoms with Gasteiger partial charge in [0.2, 0.25) is 0 Å². The van der Waals surface area contributed by atoms with Crippen LogP contribution in [0.25, 0.3) is 11.0 Å². The summed E-state index contributed by atoms with van der Waals surface area (Å²) < 4.78 is 31.9. The zero-order valence-electron chi connectivity index (χ0n) is 13.6. The molecule has 0 atom stereocenters. The van der Waals surface area contributed by atoms with Gasteiger partial charge >= 0.3 is 11.6 Å². The highest BCUT2D eigenvalue weighted by Gasteiger charge is 2.24. The van der Waals surface area contributed by atoms with Crippen molar-refractivity contribution >= 4 is 38.5 Å². The number of carbonyl (C=O) groups is 1. The summed E-state index contributed by atoms with van der Waals surface area (Å²) in [6, 6.07) is 13.8. The Kier molecular flexibility index (Phi) is 4.01. The Morgan fingerprint density at radius 1 is 1.00 bits per heavy atom. The van der Waals surface area contributed by atoms with E-state index >= 15 is 0 Å². The minimum atomic E-state index is -4.16. The van der Waals surface area contributed by atoms with E-state index in [9.17, 15) is 18.0 Å². The monoisotopic (exact) mass is 402 g/mol. The molecule has 0 amide bonds. The molecule has 0 fully saturated rings. The average Bonchev–Trinajstić information content (AvgIpc) is 3.25. The molecule has 0 aliphatic carbocycles. The zero-order chi connectivity index (χ0) is 19.2. The van der Waals surface area contributed by atoms with Crippen LogP contribution in [-0.2, 0) is 10.0 Å². The number of aromatic nitrogens is 2. The fourth-order valence-corrected chi connectivity index (χ4v) is 3.97. The lowest BCUT2D eigenvalue weighted by molar-refractivity contribution is 0.0930. The van der Waals surface area contributed by atoms with Gasteiger partial charge in [-0.1, -0.05) is 29.8 Å². The minimum absolute atomic E-state index is 0.0695. The molecule has 136 valence electrons. The molecule has 0 unspecified atom stereocenters. The van der Waals surface area contributed by atoms with Gasteiger partial charge in [-0.15, -0.1) is 0 Å². The summed E-state index contributed by atoms with van der Waals surface area (Å²) in [5.41, 5.74) is -0.530. The van der Waals surface area contributed by atoms with Crippen LogP contribution in [0.1, 0.15) is 10.6 Å². The predicted octanol–water partition coefficient (Wildman–Crippen LogP) is 2.97. The fourth-order valence-electron chi connectivity index (χ4n) is 2.62. The number of hydrogen-bond acceptors (Lipinski definition) is 5. The molecule has 2 heterocycles. The maximum atomic E-state index is 12.7. The molecule has 9 heteroatoms. The quantitative estimate of drug-likeness (QED) is 0.525. The molecule has 0 radical (unpaired) electrons. The smallest absolute Gasteiger partial charge is 0.349 e. The first-order valence-electron chi connectivity index (χ1n) is 7.72. The molecule has 7 nitrogen and oxygen atoms in total. The summed E-state index contributed by atoms with van der Waals surface area (Å²) in [6.45, 7) is 0. The van der Waals surface area contributed by atoms with E-state index in [1.54, 1.807) is 24.3 Å². The van der Waals surface area contributed by atoms with Gasteiger partial charge in [0.1, 0.15) is 5.58 Å². The molecule has 0 aliphatic rings. The number of rotatable bonds is 3. The van der Waals surface area contributed by atoms with Gasteiger partial charge in [-0.05, 0) is 36.4 Å². The van der Waals surface area contributed by atoms with E-state index in [4.69, 9.17) is 16.0 Å². The van der Waals surface area contributed by atoms with Crippen LogP contribution in [0.15, 0.2) is 81.1 Å². The summed E-state index contributed by atoms with van der Waals surface area (Å²) in [4.78, 5) is 25.0. The predicted molar refractivity (Wildman–Crippen MR) is 98.7 cm³/mol. The number of benzene rings is 2. The van der Waals surface area contributed by atoms with Gasteiger partial charge in [-0.25, -0.2) is 17.8 Å². The Morgan fingerprint density at radius 2 is 1.70 bits per heavy atom. The molecule has 0 saturated carbocycles. The summed E-state index contributed by atoms with van der Waals surface area (Å²) in [5.74, 6) is -0.832. The highest BCUT2D eigenvalue weighted by molar-refractivity contribution is 7.90. The second-order valence-corrected chi connectivity index (χ2v) is 7.91. The van der Waals surface area contributed by atoms with E-state index in [1.807, 2.05) is 0 Å². The summed E-state index contributed by atoms with van der Waals surface area (Å²) >= 11 is 5.76. The van der Waals surface area contributed by atoms with Gasteiger partial charge in [0.15, 0.2) is 5.76 Å². The average molecular weight is 403 g/mol. The number of para-hydroxylation sites is 1. The second kappa shape index (κ2) is 6.26. The molecule has 4 rings (SSSR count). The van der Waals surface area contributed by atoms with Gasteiger partial charge in [-0.3, -0.25) is 4.79 Å². The Bertz CT molecular complexity index is 1300. The van der Waals surface area contributed by atoms with Crippen LogP contribution >= 0.6 is 11.6 Å². The van der Waals surface area contributed by atoms with Crippen LogP contribution in [0, 0.1) is 0 Å². The van der Waals surface area contributed by atoms with E-state index in [-0.39, 0.29) is 10.7 Å². The summed E-state index contributed by atoms with van der Waals surface area (Å²) in [7, 11) is -4.16. The lowest BCUT2D eigenvalue weighted by Crippen LogP contribution is -2.32. The lowest BCUT2D eigenvalue weighted by Gasteiger charge is -2.04. The van der Waals surface area contributed by atoms with Crippen molar-refractivity contribution < 1.29 is 17.6 Å². The van der Waals surface area contributed by atoms with Crippen LogP contribution in [-0.4, -0.2) is 22.9 Å². The van der Waals surface area contributed by atoms with Crippen molar-refractivity contribution in [3.8, 4) is 0 Å². The van der Waals surface area contributed by atoms with Crippen LogP contribution in [0.3, 0.4) is 0 Å². The third-order valence-corrected chi connectivity index (χ3v) is 5.89. The maximum Gasteiger partial charge on any atom is 0.349 e. The van der Waals surface area contributed by atoms with E-state index < -0.39 is 21.6 Å². The van der Waals surface area contributed by atoms with Crippen molar-refractivity contribution in [3.63, 3.8) is 0 Å². The second-order valence-electron chi connectivity index (χ2n) is 5.66. The van der Waals surface area contributed by atoms with E-state index in [0.717, 1.165) is 12.4 Å². The Balaban J connectivity index is 1.76. The van der Waals surface area contributed by atoms with E-state index in [1.165, 1.54) is 30.3 Å². The molecule has 2 aromatic carbocycles. The Labute approximate surface area is 158 Å². The van der Waals surface area contributed by atoms with Crippen molar-refractivity contribution in [2.75, 3.05) is 0 Å². The summed E-state index contributed by atoms with van der Waals surface area (Å²) in [5, 5.41) is 1.06. The number of imidazole rings is 1. The first kappa shape index (κ1) is 17.3. The van der Waals surface area contributed by atoms with Gasteiger partial charge in [0, 0.05) is 22.8 Å². The molecule has 0 N–H and O–H groups in total. The van der Waals surface area contributed by atoms with Crippen LogP contribution in [0.2, 0.25) is 5.02 Å². The number of carbonyl (C=O) groups excluding carboxylic acids is 1. The van der Waals surface area contributed by atoms with Gasteiger partial charge in [0.25, 0.3) is 10.0 Å². The van der Waals surface area contributed by atoms with Gasteiger partial charge in [-0.2, -0.15) is 3.97 Å². The molecule has 0 spiro atoms. The van der Waals surface area contributed by atoms with Gasteiger partial charge in [0.05, 0.1) is 4.90 Å². The third kappa shape index (κ3) is 2.88. The SMILES string of the molecule is O=C(c1cc2ccccc2o1)n1ccn(S(=O)(=O)c2ccc(Cl)cc2)c1=O. The molecule has 2 aromatic heterocycles. The number of fused-ring (bicyclic) bond motifs is 1. The van der Waals surface area contributed by atoms with Crippen molar-refractivity contribution in [3.05, 3.63) is 88.3 Å². The molecular formula is C18H11ClN2O5S. The Hall–Kier alpha value is -3.10. The van der Waals surface area contributed by atoms with E-state index in [0.29, 0.717) is 24.5 Å². The summed E-state index contributed by atoms with van der Waals surface area (Å²) in [6.07, 6.45) is 2.11. The van der Waals surface area contributed by atoms with Crippen molar-refractivity contribution in [1.82, 2.24) is 8.54 Å². The van der Waals surface area contributed by atoms with Crippen LogP contribution < -0.4 is 5.69 Å². The molecule has 27 heavy (non-hydrogen) atoms. The number of nitrogens with zero attached hydrogens (tertiary/aromatic N) is 2. The number of halogens is 1. The zero-order valence-corrected chi connectivity index (χ0v) is 15.1. The first-order valence-corrected chi connectivity index (χ1v) is 9.54. The van der Waals surface area contributed by atoms with Crippen molar-refractivity contribution in [1.29, 1.82) is 0 Å². The van der Waals surface area contributed by atoms with Crippen LogP contribution in [0.4, 0.5) is 0 Å². The number of hydrogen-bond donors (Lipinski definition) is 0. The first-order chi connectivity index (χ1) is 12.9. The molecule has 4 aromatic rings. The van der Waals surface area contributed by atoms with Gasteiger partial charge < -0.3 is 4.42 Å². The fraction of sp³-hybridized carbons (Fsp3) is 0.